The molecule has 0 radical (unpaired) electrons. The number of hydrogen-bond acceptors (Lipinski definition) is 2. The fraction of sp³-hybridized carbons (Fsp3) is 1.00. The van der Waals surface area contributed by atoms with E-state index in [2.05, 4.69) is 54.9 Å². The Kier molecular flexibility index (Phi) is 5.88. The second-order valence-corrected chi connectivity index (χ2v) is 8.10. The van der Waals surface area contributed by atoms with Crippen LogP contribution in [-0.2, 0) is 0 Å². The Morgan fingerprint density at radius 1 is 1.00 bits per heavy atom. The molecule has 0 spiro atoms. The summed E-state index contributed by atoms with van der Waals surface area (Å²) in [5.41, 5.74) is 0. The van der Waals surface area contributed by atoms with Crippen molar-refractivity contribution in [1.29, 1.82) is 0 Å². The van der Waals surface area contributed by atoms with Crippen molar-refractivity contribution in [3.05, 3.63) is 0 Å². The highest BCUT2D eigenvalue weighted by molar-refractivity contribution is 8.10. The van der Waals surface area contributed by atoms with Crippen LogP contribution >= 0.6 is 24.4 Å². The van der Waals surface area contributed by atoms with Crippen molar-refractivity contribution < 1.29 is 8.97 Å². The van der Waals surface area contributed by atoms with E-state index in [0.717, 1.165) is 15.5 Å². The van der Waals surface area contributed by atoms with E-state index in [9.17, 15) is 0 Å². The summed E-state index contributed by atoms with van der Waals surface area (Å²) in [5, 5.41) is 0. The summed E-state index contributed by atoms with van der Waals surface area (Å²) >= 11 is 6.56. The molecule has 0 saturated carbocycles. The van der Waals surface area contributed by atoms with Crippen LogP contribution in [0.5, 0.6) is 0 Å². The fourth-order valence-corrected chi connectivity index (χ4v) is 3.27. The van der Waals surface area contributed by atoms with Crippen molar-refractivity contribution in [1.82, 2.24) is 0 Å². The molecule has 0 aliphatic rings. The van der Waals surface area contributed by atoms with Crippen LogP contribution < -0.4 is 0 Å². The number of nitrogens with zero attached hydrogens (tertiary/aromatic N) is 2. The zero-order valence-corrected chi connectivity index (χ0v) is 12.2. The maximum Gasteiger partial charge on any atom is 0.0991 e. The van der Waals surface area contributed by atoms with Gasteiger partial charge in [-0.1, -0.05) is 0 Å². The summed E-state index contributed by atoms with van der Waals surface area (Å²) in [6, 6.07) is 0. The molecule has 2 nitrogen and oxygen atoms in total. The van der Waals surface area contributed by atoms with Crippen LogP contribution in [0.1, 0.15) is 0 Å². The molecule has 0 aliphatic heterocycles. The van der Waals surface area contributed by atoms with E-state index < -0.39 is 0 Å². The monoisotopic (exact) mass is 238 g/mol. The number of rotatable bonds is 6. The van der Waals surface area contributed by atoms with Gasteiger partial charge in [0, 0.05) is 5.75 Å². The van der Waals surface area contributed by atoms with Gasteiger partial charge in [-0.2, -0.15) is 12.6 Å². The molecule has 0 aromatic carbocycles. The molecule has 14 heavy (non-hydrogen) atoms. The Morgan fingerprint density at radius 2 is 1.50 bits per heavy atom. The zero-order valence-electron chi connectivity index (χ0n) is 10.4. The molecule has 0 N–H and O–H groups in total. The highest BCUT2D eigenvalue weighted by Gasteiger charge is 2.16. The van der Waals surface area contributed by atoms with Gasteiger partial charge in [0.25, 0.3) is 0 Å². The van der Waals surface area contributed by atoms with Crippen LogP contribution in [0.4, 0.5) is 0 Å². The topological polar surface area (TPSA) is 0 Å². The van der Waals surface area contributed by atoms with Gasteiger partial charge in [0.05, 0.1) is 60.0 Å². The van der Waals surface area contributed by atoms with Crippen molar-refractivity contribution in [2.45, 2.75) is 4.58 Å². The van der Waals surface area contributed by atoms with Crippen LogP contribution in [0.25, 0.3) is 0 Å². The van der Waals surface area contributed by atoms with E-state index in [4.69, 9.17) is 0 Å². The maximum atomic E-state index is 4.59. The molecular formula is C10H26N2S2+2. The lowest BCUT2D eigenvalue weighted by molar-refractivity contribution is -0.868. The van der Waals surface area contributed by atoms with Crippen molar-refractivity contribution in [2.75, 3.05) is 61.1 Å². The van der Waals surface area contributed by atoms with E-state index in [-0.39, 0.29) is 0 Å². The molecule has 1 unspecified atom stereocenters. The van der Waals surface area contributed by atoms with E-state index >= 15 is 0 Å². The first-order valence-electron chi connectivity index (χ1n) is 5.01. The zero-order chi connectivity index (χ0) is 11.4. The van der Waals surface area contributed by atoms with Gasteiger partial charge in [-0.05, 0) is 0 Å². The highest BCUT2D eigenvalue weighted by Crippen LogP contribution is 2.17. The van der Waals surface area contributed by atoms with Gasteiger partial charge in [0.1, 0.15) is 0 Å². The molecule has 0 bridgehead atoms. The molecule has 0 aromatic rings. The summed E-state index contributed by atoms with van der Waals surface area (Å²) in [6.45, 7) is 2.32. The third-order valence-electron chi connectivity index (χ3n) is 1.78. The molecule has 0 fully saturated rings. The normalized spacial score (nSPS) is 15.6. The Balaban J connectivity index is 3.60. The van der Waals surface area contributed by atoms with Gasteiger partial charge < -0.3 is 8.97 Å². The van der Waals surface area contributed by atoms with Crippen molar-refractivity contribution >= 4 is 24.4 Å². The Hall–Kier alpha value is 0.620. The van der Waals surface area contributed by atoms with Gasteiger partial charge in [-0.15, -0.1) is 11.8 Å². The van der Waals surface area contributed by atoms with Crippen LogP contribution in [0.3, 0.4) is 0 Å². The molecule has 0 rings (SSSR count). The average Bonchev–Trinajstić information content (AvgIpc) is 1.78. The first kappa shape index (κ1) is 14.6. The Bertz CT molecular complexity index is 158. The van der Waals surface area contributed by atoms with Crippen molar-refractivity contribution in [3.8, 4) is 0 Å². The third kappa shape index (κ3) is 10.7. The molecule has 0 heterocycles. The van der Waals surface area contributed by atoms with Crippen LogP contribution in [-0.4, -0.2) is 74.7 Å². The summed E-state index contributed by atoms with van der Waals surface area (Å²) in [5.74, 6) is 1.19. The standard InChI is InChI=1S/C10H25N2S2/c1-11(2,3)7-8-14-10(13)9-12(4,5)6/h10H,7-9H2,1-6H3/q+1/p+1. The number of thioether (sulfide) groups is 1. The second kappa shape index (κ2) is 5.64. The molecule has 0 aromatic heterocycles. The first-order valence-corrected chi connectivity index (χ1v) is 6.57. The van der Waals surface area contributed by atoms with Crippen molar-refractivity contribution in [2.24, 2.45) is 0 Å². The van der Waals surface area contributed by atoms with Gasteiger partial charge >= 0.3 is 0 Å². The molecule has 1 atom stereocenters. The minimum Gasteiger partial charge on any atom is -0.330 e. The predicted molar refractivity (Wildman–Crippen MR) is 71.0 cm³/mol. The van der Waals surface area contributed by atoms with Gasteiger partial charge in [0.2, 0.25) is 0 Å². The van der Waals surface area contributed by atoms with E-state index in [1.54, 1.807) is 0 Å². The smallest absolute Gasteiger partial charge is 0.0991 e. The second-order valence-electron chi connectivity index (χ2n) is 5.81. The minimum atomic E-state index is 0.460. The quantitative estimate of drug-likeness (QED) is 0.414. The lowest BCUT2D eigenvalue weighted by Gasteiger charge is -2.28. The highest BCUT2D eigenvalue weighted by atomic mass is 32.2. The van der Waals surface area contributed by atoms with E-state index in [1.165, 1.54) is 12.3 Å². The lowest BCUT2D eigenvalue weighted by Crippen LogP contribution is -2.40. The maximum absolute atomic E-state index is 4.59. The first-order chi connectivity index (χ1) is 6.10. The van der Waals surface area contributed by atoms with Crippen LogP contribution in [0.15, 0.2) is 0 Å². The predicted octanol–water partition coefficient (Wildman–Crippen LogP) is 1.39. The van der Waals surface area contributed by atoms with Crippen LogP contribution in [0.2, 0.25) is 0 Å². The summed E-state index contributed by atoms with van der Waals surface area (Å²) in [6.07, 6.45) is 0. The molecule has 4 heteroatoms. The van der Waals surface area contributed by atoms with E-state index in [0.29, 0.717) is 4.58 Å². The van der Waals surface area contributed by atoms with Gasteiger partial charge in [-0.25, -0.2) is 0 Å². The molecular weight excluding hydrogens is 212 g/mol. The average molecular weight is 238 g/mol. The number of thiol groups is 1. The molecule has 0 amide bonds. The molecule has 0 aliphatic carbocycles. The Labute approximate surface area is 99.2 Å². The summed E-state index contributed by atoms with van der Waals surface area (Å²) in [4.78, 5) is 0. The van der Waals surface area contributed by atoms with E-state index in [1.807, 2.05) is 11.8 Å². The number of quaternary nitrogens is 2. The van der Waals surface area contributed by atoms with Gasteiger partial charge in [-0.3, -0.25) is 0 Å². The SMILES string of the molecule is C[N+](C)(C)CCSC(S)C[N+](C)(C)C. The summed E-state index contributed by atoms with van der Waals surface area (Å²) < 4.78 is 2.49. The molecule has 0 saturated heterocycles. The van der Waals surface area contributed by atoms with Gasteiger partial charge in [0.15, 0.2) is 0 Å². The largest absolute Gasteiger partial charge is 0.330 e. The van der Waals surface area contributed by atoms with Crippen molar-refractivity contribution in [3.63, 3.8) is 0 Å². The lowest BCUT2D eigenvalue weighted by atomic mass is 10.6. The fourth-order valence-electron chi connectivity index (χ4n) is 0.984. The molecule has 86 valence electrons. The number of hydrogen-bond donors (Lipinski definition) is 1. The Morgan fingerprint density at radius 3 is 1.86 bits per heavy atom. The minimum absolute atomic E-state index is 0.460. The van der Waals surface area contributed by atoms with Crippen LogP contribution in [0, 0.1) is 0 Å². The third-order valence-corrected chi connectivity index (χ3v) is 3.34. The summed E-state index contributed by atoms with van der Waals surface area (Å²) in [7, 11) is 13.3.